The fourth-order valence-electron chi connectivity index (χ4n) is 1.96. The van der Waals surface area contributed by atoms with Crippen LogP contribution in [0.5, 0.6) is 11.5 Å². The van der Waals surface area contributed by atoms with Gasteiger partial charge in [0, 0.05) is 6.07 Å². The van der Waals surface area contributed by atoms with E-state index in [4.69, 9.17) is 9.47 Å². The van der Waals surface area contributed by atoms with E-state index in [0.29, 0.717) is 0 Å². The van der Waals surface area contributed by atoms with Gasteiger partial charge in [0.25, 0.3) is 0 Å². The first kappa shape index (κ1) is 15.3. The topological polar surface area (TPSA) is 35.5 Å². The molecule has 0 saturated heterocycles. The van der Waals surface area contributed by atoms with Crippen molar-refractivity contribution in [1.29, 1.82) is 0 Å². The molecule has 0 N–H and O–H groups in total. The Morgan fingerprint density at radius 2 is 1.74 bits per heavy atom. The van der Waals surface area contributed by atoms with E-state index in [1.807, 2.05) is 18.2 Å². The maximum Gasteiger partial charge on any atom is 0.143 e. The van der Waals surface area contributed by atoms with Gasteiger partial charge >= 0.3 is 0 Å². The zero-order chi connectivity index (χ0) is 14.1. The Balaban J connectivity index is 3.00. The van der Waals surface area contributed by atoms with Crippen molar-refractivity contribution in [1.82, 2.24) is 0 Å². The minimum atomic E-state index is 0.738. The first-order chi connectivity index (χ1) is 9.24. The summed E-state index contributed by atoms with van der Waals surface area (Å²) in [7, 11) is 3.25. The average molecular weight is 262 g/mol. The third kappa shape index (κ3) is 4.78. The quantitative estimate of drug-likeness (QED) is 0.405. The molecule has 0 unspecified atom stereocenters. The molecular formula is C16H22O3. The highest BCUT2D eigenvalue weighted by molar-refractivity contribution is 5.82. The van der Waals surface area contributed by atoms with Crippen molar-refractivity contribution in [3.05, 3.63) is 29.8 Å². The van der Waals surface area contributed by atoms with Gasteiger partial charge in [-0.2, -0.15) is 0 Å². The van der Waals surface area contributed by atoms with Gasteiger partial charge in [-0.1, -0.05) is 19.8 Å². The number of hydrogen-bond donors (Lipinski definition) is 0. The van der Waals surface area contributed by atoms with Gasteiger partial charge in [-0.15, -0.1) is 0 Å². The summed E-state index contributed by atoms with van der Waals surface area (Å²) in [5, 5.41) is 0. The van der Waals surface area contributed by atoms with Crippen molar-refractivity contribution in [2.75, 3.05) is 14.2 Å². The Morgan fingerprint density at radius 1 is 1.11 bits per heavy atom. The number of aldehydes is 1. The lowest BCUT2D eigenvalue weighted by atomic mass is 9.99. The van der Waals surface area contributed by atoms with Crippen LogP contribution in [0.4, 0.5) is 0 Å². The molecule has 0 aliphatic rings. The number of rotatable bonds is 8. The first-order valence-electron chi connectivity index (χ1n) is 6.63. The zero-order valence-electron chi connectivity index (χ0n) is 11.9. The van der Waals surface area contributed by atoms with Crippen LogP contribution in [0.2, 0.25) is 0 Å². The number of carbonyl (C=O) groups excluding carboxylic acids is 1. The van der Waals surface area contributed by atoms with Crippen LogP contribution in [-0.2, 0) is 4.79 Å². The van der Waals surface area contributed by atoms with E-state index in [1.54, 1.807) is 20.3 Å². The van der Waals surface area contributed by atoms with Gasteiger partial charge in [0.05, 0.1) is 14.2 Å². The summed E-state index contributed by atoms with van der Waals surface area (Å²) in [5.74, 6) is 1.48. The number of unbranched alkanes of at least 4 members (excludes halogenated alkanes) is 2. The minimum Gasteiger partial charge on any atom is -0.497 e. The second kappa shape index (κ2) is 8.35. The van der Waals surface area contributed by atoms with Gasteiger partial charge in [-0.25, -0.2) is 0 Å². The molecule has 1 rings (SSSR count). The highest BCUT2D eigenvalue weighted by atomic mass is 16.5. The van der Waals surface area contributed by atoms with Crippen molar-refractivity contribution >= 4 is 11.9 Å². The summed E-state index contributed by atoms with van der Waals surface area (Å²) in [4.78, 5) is 10.8. The lowest BCUT2D eigenvalue weighted by Crippen LogP contribution is -1.92. The predicted octanol–water partition coefficient (Wildman–Crippen LogP) is 3.87. The molecule has 1 aromatic rings. The molecular weight excluding hydrogens is 240 g/mol. The Labute approximate surface area is 115 Å². The third-order valence-electron chi connectivity index (χ3n) is 3.04. The molecule has 0 bridgehead atoms. The Hall–Kier alpha value is -1.77. The van der Waals surface area contributed by atoms with E-state index in [2.05, 4.69) is 6.92 Å². The number of methoxy groups -OCH3 is 2. The normalized spacial score (nSPS) is 11.2. The van der Waals surface area contributed by atoms with Crippen molar-refractivity contribution in [2.45, 2.75) is 32.6 Å². The molecule has 104 valence electrons. The van der Waals surface area contributed by atoms with Crippen molar-refractivity contribution in [3.8, 4) is 11.5 Å². The van der Waals surface area contributed by atoms with E-state index in [-0.39, 0.29) is 0 Å². The molecule has 0 aliphatic heterocycles. The number of allylic oxidation sites excluding steroid dienone is 2. The second-order valence-corrected chi connectivity index (χ2v) is 4.39. The standard InChI is InChI=1S/C16H22O3/c1-4-5-6-7-13(8-9-17)14-10-15(18-2)12-16(11-14)19-3/h8-12H,4-7H2,1-3H3. The maximum absolute atomic E-state index is 10.8. The first-order valence-corrected chi connectivity index (χ1v) is 6.63. The van der Waals surface area contributed by atoms with Crippen LogP contribution in [0.1, 0.15) is 38.2 Å². The zero-order valence-corrected chi connectivity index (χ0v) is 11.9. The maximum atomic E-state index is 10.8. The molecule has 0 radical (unpaired) electrons. The number of ether oxygens (including phenoxy) is 2. The third-order valence-corrected chi connectivity index (χ3v) is 3.04. The van der Waals surface area contributed by atoms with Crippen LogP contribution >= 0.6 is 0 Å². The monoisotopic (exact) mass is 262 g/mol. The lowest BCUT2D eigenvalue weighted by Gasteiger charge is -2.11. The number of carbonyl (C=O) groups is 1. The molecule has 0 amide bonds. The summed E-state index contributed by atoms with van der Waals surface area (Å²) in [6.07, 6.45) is 6.77. The smallest absolute Gasteiger partial charge is 0.143 e. The van der Waals surface area contributed by atoms with Crippen LogP contribution in [0.15, 0.2) is 24.3 Å². The fraction of sp³-hybridized carbons (Fsp3) is 0.438. The van der Waals surface area contributed by atoms with Gasteiger partial charge in [0.15, 0.2) is 0 Å². The minimum absolute atomic E-state index is 0.738. The molecule has 0 spiro atoms. The van der Waals surface area contributed by atoms with Gasteiger partial charge in [-0.05, 0) is 42.2 Å². The fourth-order valence-corrected chi connectivity index (χ4v) is 1.96. The summed E-state index contributed by atoms with van der Waals surface area (Å²) >= 11 is 0. The second-order valence-electron chi connectivity index (χ2n) is 4.39. The molecule has 0 aliphatic carbocycles. The summed E-state index contributed by atoms with van der Waals surface area (Å²) in [6, 6.07) is 5.70. The van der Waals surface area contributed by atoms with Crippen LogP contribution in [0, 0.1) is 0 Å². The molecule has 3 nitrogen and oxygen atoms in total. The van der Waals surface area contributed by atoms with Crippen LogP contribution in [0.3, 0.4) is 0 Å². The molecule has 0 atom stereocenters. The van der Waals surface area contributed by atoms with Crippen molar-refractivity contribution in [2.24, 2.45) is 0 Å². The SMILES string of the molecule is CCCCCC(=CC=O)c1cc(OC)cc(OC)c1. The highest BCUT2D eigenvalue weighted by Gasteiger charge is 2.06. The predicted molar refractivity (Wildman–Crippen MR) is 77.7 cm³/mol. The summed E-state index contributed by atoms with van der Waals surface area (Å²) < 4.78 is 10.5. The van der Waals surface area contributed by atoms with Gasteiger partial charge in [0.1, 0.15) is 17.8 Å². The molecule has 0 heterocycles. The van der Waals surface area contributed by atoms with E-state index in [9.17, 15) is 4.79 Å². The Morgan fingerprint density at radius 3 is 2.21 bits per heavy atom. The molecule has 0 aromatic heterocycles. The molecule has 3 heteroatoms. The Kier molecular flexibility index (Phi) is 6.72. The number of benzene rings is 1. The van der Waals surface area contributed by atoms with Crippen molar-refractivity contribution < 1.29 is 14.3 Å². The van der Waals surface area contributed by atoms with E-state index >= 15 is 0 Å². The van der Waals surface area contributed by atoms with Crippen LogP contribution in [0.25, 0.3) is 5.57 Å². The van der Waals surface area contributed by atoms with E-state index < -0.39 is 0 Å². The molecule has 0 fully saturated rings. The summed E-state index contributed by atoms with van der Waals surface area (Å²) in [5.41, 5.74) is 2.01. The molecule has 19 heavy (non-hydrogen) atoms. The molecule has 0 saturated carbocycles. The van der Waals surface area contributed by atoms with Gasteiger partial charge < -0.3 is 9.47 Å². The van der Waals surface area contributed by atoms with Gasteiger partial charge in [-0.3, -0.25) is 4.79 Å². The van der Waals surface area contributed by atoms with E-state index in [1.165, 1.54) is 0 Å². The lowest BCUT2D eigenvalue weighted by molar-refractivity contribution is -0.104. The van der Waals surface area contributed by atoms with Crippen LogP contribution in [-0.4, -0.2) is 20.5 Å². The van der Waals surface area contributed by atoms with Crippen LogP contribution < -0.4 is 9.47 Å². The largest absolute Gasteiger partial charge is 0.497 e. The number of hydrogen-bond acceptors (Lipinski definition) is 3. The van der Waals surface area contributed by atoms with Crippen molar-refractivity contribution in [3.63, 3.8) is 0 Å². The highest BCUT2D eigenvalue weighted by Crippen LogP contribution is 2.29. The van der Waals surface area contributed by atoms with Gasteiger partial charge in [0.2, 0.25) is 0 Å². The molecule has 1 aromatic carbocycles. The average Bonchev–Trinajstić information content (AvgIpc) is 2.46. The Bertz CT molecular complexity index is 413. The summed E-state index contributed by atoms with van der Waals surface area (Å²) in [6.45, 7) is 2.16. The van der Waals surface area contributed by atoms with E-state index in [0.717, 1.165) is 54.6 Å².